The smallest absolute Gasteiger partial charge is 0.268 e. The molecule has 0 unspecified atom stereocenters. The molecular formula is C25H24N6OS. The summed E-state index contributed by atoms with van der Waals surface area (Å²) in [5.74, 6) is 0.282. The standard InChI is InChI=1S/C25H24N6OS/c1-14(2)21-18-11-20(25(32)30(3)15-7-9-26-10-8-15)33-24(18)29-22(21)19-12-31-23(27-13-28-31)17-6-4-5-16(17)19/h7-14,29H,4-6H2,1-3H3. The van der Waals surface area contributed by atoms with E-state index in [0.29, 0.717) is 5.92 Å². The van der Waals surface area contributed by atoms with Crippen molar-refractivity contribution in [3.8, 4) is 11.3 Å². The van der Waals surface area contributed by atoms with Crippen LogP contribution in [0.3, 0.4) is 0 Å². The van der Waals surface area contributed by atoms with Gasteiger partial charge in [-0.3, -0.25) is 9.78 Å². The number of anilines is 1. The normalized spacial score (nSPS) is 13.3. The van der Waals surface area contributed by atoms with Crippen molar-refractivity contribution in [3.05, 3.63) is 64.7 Å². The summed E-state index contributed by atoms with van der Waals surface area (Å²) in [6.07, 6.45) is 10.4. The predicted molar refractivity (Wildman–Crippen MR) is 131 cm³/mol. The van der Waals surface area contributed by atoms with Gasteiger partial charge in [0.2, 0.25) is 0 Å². The molecule has 0 atom stereocenters. The SMILES string of the molecule is CC(C)c1c(-c2cn3ncnc3c3c2CCC3)[nH]c2sc(C(=O)N(C)c3ccncc3)cc12. The summed E-state index contributed by atoms with van der Waals surface area (Å²) in [5, 5.41) is 5.55. The fourth-order valence-electron chi connectivity index (χ4n) is 5.03. The number of fused-ring (bicyclic) bond motifs is 4. The zero-order valence-electron chi connectivity index (χ0n) is 18.8. The van der Waals surface area contributed by atoms with E-state index in [-0.39, 0.29) is 5.91 Å². The molecule has 1 N–H and O–H groups in total. The van der Waals surface area contributed by atoms with Crippen molar-refractivity contribution in [2.75, 3.05) is 11.9 Å². The first-order chi connectivity index (χ1) is 16.0. The minimum absolute atomic E-state index is 0.0167. The Balaban J connectivity index is 1.48. The molecule has 166 valence electrons. The van der Waals surface area contributed by atoms with E-state index in [9.17, 15) is 4.79 Å². The zero-order chi connectivity index (χ0) is 22.7. The third-order valence-electron chi connectivity index (χ3n) is 6.58. The molecule has 0 bridgehead atoms. The molecule has 7 nitrogen and oxygen atoms in total. The second-order valence-electron chi connectivity index (χ2n) is 8.87. The van der Waals surface area contributed by atoms with Crippen molar-refractivity contribution in [3.63, 3.8) is 0 Å². The van der Waals surface area contributed by atoms with Crippen LogP contribution >= 0.6 is 11.3 Å². The highest BCUT2D eigenvalue weighted by atomic mass is 32.1. The van der Waals surface area contributed by atoms with Crippen LogP contribution in [0.25, 0.3) is 27.1 Å². The Morgan fingerprint density at radius 2 is 2.00 bits per heavy atom. The number of carbonyl (C=O) groups excluding carboxylic acids is 1. The number of pyridine rings is 2. The summed E-state index contributed by atoms with van der Waals surface area (Å²) in [6, 6.07) is 5.73. The first-order valence-electron chi connectivity index (χ1n) is 11.2. The quantitative estimate of drug-likeness (QED) is 0.402. The Morgan fingerprint density at radius 1 is 1.21 bits per heavy atom. The number of aryl methyl sites for hydroxylation is 1. The van der Waals surface area contributed by atoms with Gasteiger partial charge in [0.25, 0.3) is 5.91 Å². The van der Waals surface area contributed by atoms with Gasteiger partial charge in [0, 0.05) is 47.8 Å². The monoisotopic (exact) mass is 456 g/mol. The molecule has 0 saturated heterocycles. The largest absolute Gasteiger partial charge is 0.346 e. The average molecular weight is 457 g/mol. The van der Waals surface area contributed by atoms with Gasteiger partial charge in [0.05, 0.1) is 10.6 Å². The van der Waals surface area contributed by atoms with Crippen molar-refractivity contribution in [2.45, 2.75) is 39.0 Å². The van der Waals surface area contributed by atoms with Crippen molar-refractivity contribution in [1.82, 2.24) is 24.6 Å². The van der Waals surface area contributed by atoms with Gasteiger partial charge in [0.15, 0.2) is 5.65 Å². The van der Waals surface area contributed by atoms with E-state index >= 15 is 0 Å². The van der Waals surface area contributed by atoms with E-state index in [0.717, 1.165) is 51.4 Å². The average Bonchev–Trinajstić information content (AvgIpc) is 3.59. The molecule has 0 saturated carbocycles. The third kappa shape index (κ3) is 3.08. The lowest BCUT2D eigenvalue weighted by Crippen LogP contribution is -2.25. The third-order valence-corrected chi connectivity index (χ3v) is 7.62. The van der Waals surface area contributed by atoms with E-state index in [1.165, 1.54) is 33.6 Å². The van der Waals surface area contributed by atoms with Gasteiger partial charge >= 0.3 is 0 Å². The first-order valence-corrected chi connectivity index (χ1v) is 12.0. The number of hydrogen-bond acceptors (Lipinski definition) is 5. The molecule has 0 spiro atoms. The number of hydrogen-bond donors (Lipinski definition) is 1. The van der Waals surface area contributed by atoms with Gasteiger partial charge in [-0.1, -0.05) is 13.8 Å². The summed E-state index contributed by atoms with van der Waals surface area (Å²) in [5.41, 5.74) is 8.08. The number of nitrogens with one attached hydrogen (secondary N) is 1. The van der Waals surface area contributed by atoms with Gasteiger partial charge in [-0.25, -0.2) is 9.50 Å². The zero-order valence-corrected chi connectivity index (χ0v) is 19.6. The highest BCUT2D eigenvalue weighted by molar-refractivity contribution is 7.20. The van der Waals surface area contributed by atoms with Crippen molar-refractivity contribution in [1.29, 1.82) is 0 Å². The van der Waals surface area contributed by atoms with Crippen LogP contribution in [0.1, 0.15) is 52.5 Å². The van der Waals surface area contributed by atoms with Crippen molar-refractivity contribution in [2.24, 2.45) is 0 Å². The lowest BCUT2D eigenvalue weighted by molar-refractivity contribution is 0.0997. The van der Waals surface area contributed by atoms with Crippen molar-refractivity contribution >= 4 is 38.8 Å². The molecule has 33 heavy (non-hydrogen) atoms. The molecule has 1 amide bonds. The molecular weight excluding hydrogens is 432 g/mol. The molecule has 5 heterocycles. The fraction of sp³-hybridized carbons (Fsp3) is 0.280. The minimum atomic E-state index is -0.0167. The number of thiophene rings is 1. The molecule has 5 aromatic heterocycles. The molecule has 8 heteroatoms. The fourth-order valence-corrected chi connectivity index (χ4v) is 6.08. The number of aromatic amines is 1. The Kier molecular flexibility index (Phi) is 4.58. The number of rotatable bonds is 4. The van der Waals surface area contributed by atoms with Gasteiger partial charge in [0.1, 0.15) is 11.2 Å². The van der Waals surface area contributed by atoms with Crippen LogP contribution in [-0.2, 0) is 12.8 Å². The highest BCUT2D eigenvalue weighted by Crippen LogP contribution is 2.42. The summed E-state index contributed by atoms with van der Waals surface area (Å²) in [6.45, 7) is 4.42. The van der Waals surface area contributed by atoms with Gasteiger partial charge < -0.3 is 9.88 Å². The number of aromatic nitrogens is 5. The maximum atomic E-state index is 13.2. The van der Waals surface area contributed by atoms with Crippen LogP contribution in [-0.4, -0.2) is 37.5 Å². The van der Waals surface area contributed by atoms with E-state index in [1.807, 2.05) is 22.7 Å². The molecule has 0 radical (unpaired) electrons. The van der Waals surface area contributed by atoms with E-state index in [4.69, 9.17) is 0 Å². The van der Waals surface area contributed by atoms with Gasteiger partial charge in [-0.05, 0) is 54.5 Å². The Morgan fingerprint density at radius 3 is 2.79 bits per heavy atom. The van der Waals surface area contributed by atoms with Gasteiger partial charge in [-0.15, -0.1) is 11.3 Å². The minimum Gasteiger partial charge on any atom is -0.346 e. The van der Waals surface area contributed by atoms with E-state index in [1.54, 1.807) is 30.7 Å². The number of carbonyl (C=O) groups is 1. The molecule has 1 aliphatic carbocycles. The van der Waals surface area contributed by atoms with E-state index in [2.05, 4.69) is 40.1 Å². The molecule has 0 fully saturated rings. The Bertz CT molecular complexity index is 1510. The number of nitrogens with zero attached hydrogens (tertiary/aromatic N) is 5. The molecule has 6 rings (SSSR count). The molecule has 5 aromatic rings. The Hall–Kier alpha value is -3.52. The first kappa shape index (κ1) is 20.1. The van der Waals surface area contributed by atoms with Crippen LogP contribution < -0.4 is 4.90 Å². The van der Waals surface area contributed by atoms with Crippen LogP contribution in [0.4, 0.5) is 5.69 Å². The van der Waals surface area contributed by atoms with Crippen LogP contribution in [0.2, 0.25) is 0 Å². The maximum absolute atomic E-state index is 13.2. The maximum Gasteiger partial charge on any atom is 0.268 e. The molecule has 0 aromatic carbocycles. The lowest BCUT2D eigenvalue weighted by Gasteiger charge is -2.16. The summed E-state index contributed by atoms with van der Waals surface area (Å²) in [4.78, 5) is 28.8. The summed E-state index contributed by atoms with van der Waals surface area (Å²) >= 11 is 1.52. The second-order valence-corrected chi connectivity index (χ2v) is 9.93. The molecule has 0 aliphatic heterocycles. The van der Waals surface area contributed by atoms with Crippen LogP contribution in [0.15, 0.2) is 43.1 Å². The lowest BCUT2D eigenvalue weighted by atomic mass is 9.94. The summed E-state index contributed by atoms with van der Waals surface area (Å²) < 4.78 is 1.90. The topological polar surface area (TPSA) is 79.2 Å². The van der Waals surface area contributed by atoms with Gasteiger partial charge in [-0.2, -0.15) is 5.10 Å². The number of H-pyrrole nitrogens is 1. The molecule has 1 aliphatic rings. The predicted octanol–water partition coefficient (Wildman–Crippen LogP) is 5.22. The second kappa shape index (κ2) is 7.52. The Labute approximate surface area is 195 Å². The number of amides is 1. The van der Waals surface area contributed by atoms with Crippen molar-refractivity contribution < 1.29 is 4.79 Å². The van der Waals surface area contributed by atoms with Crippen LogP contribution in [0.5, 0.6) is 0 Å². The highest BCUT2D eigenvalue weighted by Gasteiger charge is 2.27. The summed E-state index contributed by atoms with van der Waals surface area (Å²) in [7, 11) is 1.80. The van der Waals surface area contributed by atoms with Crippen LogP contribution in [0, 0.1) is 0 Å². The van der Waals surface area contributed by atoms with E-state index < -0.39 is 0 Å².